The summed E-state index contributed by atoms with van der Waals surface area (Å²) in [6.07, 6.45) is 5.66. The normalized spacial score (nSPS) is 11.8. The zero-order valence-electron chi connectivity index (χ0n) is 18.0. The fourth-order valence-corrected chi connectivity index (χ4v) is 4.93. The number of rotatable bonds is 2. The molecule has 2 aromatic carbocycles. The minimum atomic E-state index is 0.882. The van der Waals surface area contributed by atoms with E-state index in [4.69, 9.17) is 15.0 Å². The molecular formula is C28H19N5. The SMILES string of the molecule is Cc1ccnc(-n2c3cccnc3c3cnc4c(c5ccccc5n4-c4ccccc4)c32)c1. The second-order valence-corrected chi connectivity index (χ2v) is 8.31. The number of para-hydroxylation sites is 2. The Morgan fingerprint density at radius 3 is 2.36 bits per heavy atom. The molecule has 0 saturated heterocycles. The highest BCUT2D eigenvalue weighted by molar-refractivity contribution is 6.24. The molecule has 0 fully saturated rings. The molecule has 0 bridgehead atoms. The van der Waals surface area contributed by atoms with E-state index in [0.29, 0.717) is 0 Å². The first kappa shape index (κ1) is 18.1. The van der Waals surface area contributed by atoms with Crippen LogP contribution in [-0.4, -0.2) is 24.1 Å². The Morgan fingerprint density at radius 2 is 1.48 bits per heavy atom. The third-order valence-electron chi connectivity index (χ3n) is 6.31. The van der Waals surface area contributed by atoms with Gasteiger partial charge in [0.2, 0.25) is 0 Å². The van der Waals surface area contributed by atoms with E-state index in [-0.39, 0.29) is 0 Å². The van der Waals surface area contributed by atoms with Gasteiger partial charge in [-0.2, -0.15) is 0 Å². The Balaban J connectivity index is 1.76. The van der Waals surface area contributed by atoms with Crippen molar-refractivity contribution in [3.05, 3.63) is 103 Å². The minimum Gasteiger partial charge on any atom is -0.294 e. The molecule has 5 heterocycles. The van der Waals surface area contributed by atoms with Crippen LogP contribution in [0.2, 0.25) is 0 Å². The molecule has 5 aromatic heterocycles. The predicted octanol–water partition coefficient (Wildman–Crippen LogP) is 6.37. The molecule has 156 valence electrons. The fraction of sp³-hybridized carbons (Fsp3) is 0.0357. The van der Waals surface area contributed by atoms with Crippen molar-refractivity contribution in [2.24, 2.45) is 0 Å². The second-order valence-electron chi connectivity index (χ2n) is 8.31. The zero-order chi connectivity index (χ0) is 21.9. The van der Waals surface area contributed by atoms with Crippen LogP contribution in [0.4, 0.5) is 0 Å². The summed E-state index contributed by atoms with van der Waals surface area (Å²) < 4.78 is 4.47. The van der Waals surface area contributed by atoms with Crippen LogP contribution in [0.25, 0.3) is 55.4 Å². The van der Waals surface area contributed by atoms with Crippen LogP contribution in [0.3, 0.4) is 0 Å². The molecule has 5 nitrogen and oxygen atoms in total. The Hall–Kier alpha value is -4.51. The summed E-state index contributed by atoms with van der Waals surface area (Å²) in [5.74, 6) is 0.882. The van der Waals surface area contributed by atoms with Crippen LogP contribution < -0.4 is 0 Å². The first-order valence-corrected chi connectivity index (χ1v) is 11.0. The van der Waals surface area contributed by atoms with Gasteiger partial charge in [0.25, 0.3) is 0 Å². The molecule has 7 aromatic rings. The van der Waals surface area contributed by atoms with Gasteiger partial charge in [-0.25, -0.2) is 9.97 Å². The molecule has 33 heavy (non-hydrogen) atoms. The number of hydrogen-bond donors (Lipinski definition) is 0. The number of nitrogens with zero attached hydrogens (tertiary/aromatic N) is 5. The third kappa shape index (κ3) is 2.50. The second kappa shape index (κ2) is 6.74. The lowest BCUT2D eigenvalue weighted by Gasteiger charge is -2.09. The number of aromatic nitrogens is 5. The van der Waals surface area contributed by atoms with Gasteiger partial charge in [-0.3, -0.25) is 14.1 Å². The first-order chi connectivity index (χ1) is 16.3. The van der Waals surface area contributed by atoms with Gasteiger partial charge in [-0.1, -0.05) is 36.4 Å². The van der Waals surface area contributed by atoms with Crippen molar-refractivity contribution < 1.29 is 0 Å². The molecule has 0 atom stereocenters. The van der Waals surface area contributed by atoms with Crippen LogP contribution in [0.5, 0.6) is 0 Å². The smallest absolute Gasteiger partial charge is 0.147 e. The van der Waals surface area contributed by atoms with Crippen molar-refractivity contribution in [3.63, 3.8) is 0 Å². The standard InChI is InChI=1S/C28H19N5/c1-18-13-15-29-24(16-18)33-23-12-7-14-30-26(23)21-17-31-28-25(27(21)33)20-10-5-6-11-22(20)32(28)19-8-3-2-4-9-19/h2-17H,1H3. The van der Waals surface area contributed by atoms with Gasteiger partial charge in [-0.15, -0.1) is 0 Å². The van der Waals surface area contributed by atoms with Gasteiger partial charge >= 0.3 is 0 Å². The fourth-order valence-electron chi connectivity index (χ4n) is 4.93. The molecule has 0 aliphatic rings. The van der Waals surface area contributed by atoms with Crippen molar-refractivity contribution in [3.8, 4) is 11.5 Å². The van der Waals surface area contributed by atoms with Gasteiger partial charge in [0.05, 0.1) is 27.5 Å². The van der Waals surface area contributed by atoms with E-state index in [1.54, 1.807) is 0 Å². The molecular weight excluding hydrogens is 406 g/mol. The Bertz CT molecular complexity index is 1830. The highest BCUT2D eigenvalue weighted by Gasteiger charge is 2.22. The van der Waals surface area contributed by atoms with Crippen molar-refractivity contribution in [1.29, 1.82) is 0 Å². The van der Waals surface area contributed by atoms with Gasteiger partial charge < -0.3 is 0 Å². The van der Waals surface area contributed by atoms with E-state index in [1.807, 2.05) is 36.8 Å². The lowest BCUT2D eigenvalue weighted by molar-refractivity contribution is 1.07. The van der Waals surface area contributed by atoms with Gasteiger partial charge in [0, 0.05) is 35.1 Å². The van der Waals surface area contributed by atoms with Crippen molar-refractivity contribution >= 4 is 43.9 Å². The van der Waals surface area contributed by atoms with Crippen LogP contribution in [-0.2, 0) is 0 Å². The number of hydrogen-bond acceptors (Lipinski definition) is 3. The van der Waals surface area contributed by atoms with Crippen molar-refractivity contribution in [2.75, 3.05) is 0 Å². The summed E-state index contributed by atoms with van der Waals surface area (Å²) in [5.41, 5.74) is 7.34. The van der Waals surface area contributed by atoms with E-state index in [2.05, 4.69) is 76.7 Å². The topological polar surface area (TPSA) is 48.5 Å². The van der Waals surface area contributed by atoms with E-state index < -0.39 is 0 Å². The first-order valence-electron chi connectivity index (χ1n) is 11.0. The molecule has 5 heteroatoms. The lowest BCUT2D eigenvalue weighted by Crippen LogP contribution is -1.99. The molecule has 0 N–H and O–H groups in total. The van der Waals surface area contributed by atoms with Crippen molar-refractivity contribution in [1.82, 2.24) is 24.1 Å². The maximum atomic E-state index is 4.99. The van der Waals surface area contributed by atoms with Gasteiger partial charge in [-0.05, 0) is 55.0 Å². The number of benzene rings is 2. The van der Waals surface area contributed by atoms with E-state index in [9.17, 15) is 0 Å². The number of pyridine rings is 3. The van der Waals surface area contributed by atoms with Gasteiger partial charge in [0.15, 0.2) is 0 Å². The van der Waals surface area contributed by atoms with Crippen LogP contribution in [0.15, 0.2) is 97.5 Å². The van der Waals surface area contributed by atoms with E-state index >= 15 is 0 Å². The van der Waals surface area contributed by atoms with Gasteiger partial charge in [0.1, 0.15) is 11.5 Å². The predicted molar refractivity (Wildman–Crippen MR) is 133 cm³/mol. The molecule has 7 rings (SSSR count). The summed E-state index contributed by atoms with van der Waals surface area (Å²) in [6, 6.07) is 27.1. The molecule has 0 spiro atoms. The Kier molecular flexibility index (Phi) is 3.70. The summed E-state index contributed by atoms with van der Waals surface area (Å²) in [7, 11) is 0. The number of aryl methyl sites for hydroxylation is 1. The average molecular weight is 425 g/mol. The third-order valence-corrected chi connectivity index (χ3v) is 6.31. The Labute approximate surface area is 189 Å². The molecule has 0 radical (unpaired) electrons. The molecule has 0 unspecified atom stereocenters. The molecule has 0 saturated carbocycles. The van der Waals surface area contributed by atoms with Crippen LogP contribution in [0.1, 0.15) is 5.56 Å². The zero-order valence-corrected chi connectivity index (χ0v) is 18.0. The number of fused-ring (bicyclic) bond motifs is 7. The minimum absolute atomic E-state index is 0.882. The Morgan fingerprint density at radius 1 is 0.667 bits per heavy atom. The summed E-state index contributed by atoms with van der Waals surface area (Å²) in [6.45, 7) is 2.09. The highest BCUT2D eigenvalue weighted by Crippen LogP contribution is 2.39. The molecule has 0 aliphatic carbocycles. The van der Waals surface area contributed by atoms with Crippen molar-refractivity contribution in [2.45, 2.75) is 6.92 Å². The van der Waals surface area contributed by atoms with E-state index in [0.717, 1.165) is 60.9 Å². The largest absolute Gasteiger partial charge is 0.294 e. The molecule has 0 amide bonds. The summed E-state index contributed by atoms with van der Waals surface area (Å²) >= 11 is 0. The highest BCUT2D eigenvalue weighted by atomic mass is 15.1. The maximum absolute atomic E-state index is 4.99. The monoisotopic (exact) mass is 425 g/mol. The summed E-state index contributed by atoms with van der Waals surface area (Å²) in [4.78, 5) is 14.5. The summed E-state index contributed by atoms with van der Waals surface area (Å²) in [5, 5.41) is 3.29. The quantitative estimate of drug-likeness (QED) is 0.323. The average Bonchev–Trinajstić information content (AvgIpc) is 3.37. The van der Waals surface area contributed by atoms with Crippen LogP contribution >= 0.6 is 0 Å². The molecule has 0 aliphatic heterocycles. The van der Waals surface area contributed by atoms with E-state index in [1.165, 1.54) is 0 Å². The maximum Gasteiger partial charge on any atom is 0.147 e. The van der Waals surface area contributed by atoms with Crippen LogP contribution in [0, 0.1) is 6.92 Å². The lowest BCUT2D eigenvalue weighted by atomic mass is 10.1.